The Morgan fingerprint density at radius 1 is 1.24 bits per heavy atom. The van der Waals surface area contributed by atoms with E-state index in [1.54, 1.807) is 6.92 Å². The minimum atomic E-state index is -0.775. The number of nitrogens with zero attached hydrogens (tertiary/aromatic N) is 2. The van der Waals surface area contributed by atoms with Crippen molar-refractivity contribution in [1.29, 1.82) is 0 Å². The second-order valence-corrected chi connectivity index (χ2v) is 5.92. The Kier molecular flexibility index (Phi) is 3.10. The molecule has 0 atom stereocenters. The van der Waals surface area contributed by atoms with E-state index in [0.29, 0.717) is 15.9 Å². The Bertz CT molecular complexity index is 910. The lowest BCUT2D eigenvalue weighted by Gasteiger charge is -2.12. The second kappa shape index (κ2) is 4.82. The molecule has 2 aromatic heterocycles. The molecule has 5 nitrogen and oxygen atoms in total. The van der Waals surface area contributed by atoms with Crippen molar-refractivity contribution in [2.45, 2.75) is 13.8 Å². The number of primary amides is 1. The van der Waals surface area contributed by atoms with Crippen LogP contribution in [0.3, 0.4) is 0 Å². The van der Waals surface area contributed by atoms with E-state index >= 15 is 0 Å². The monoisotopic (exact) mass is 299 g/mol. The molecule has 1 aromatic carbocycles. The van der Waals surface area contributed by atoms with Crippen LogP contribution in [0.15, 0.2) is 35.1 Å². The predicted octanol–water partition coefficient (Wildman–Crippen LogP) is 2.67. The summed E-state index contributed by atoms with van der Waals surface area (Å²) in [5.74, 6) is 0. The summed E-state index contributed by atoms with van der Waals surface area (Å²) in [5.41, 5.74) is 7.78. The SMILES string of the molecule is Cc1nc2c(-c3ccccc3)c(C)n(C(N)=O)c(=O)c2s1. The molecule has 6 heteroatoms. The number of aromatic nitrogens is 2. The van der Waals surface area contributed by atoms with Gasteiger partial charge in [-0.05, 0) is 19.4 Å². The number of aryl methyl sites for hydroxylation is 1. The maximum absolute atomic E-state index is 12.4. The molecule has 2 heterocycles. The van der Waals surface area contributed by atoms with E-state index in [4.69, 9.17) is 5.73 Å². The largest absolute Gasteiger partial charge is 0.351 e. The molecule has 1 amide bonds. The first-order valence-corrected chi connectivity index (χ1v) is 7.20. The molecule has 0 aliphatic carbocycles. The molecule has 2 N–H and O–H groups in total. The van der Waals surface area contributed by atoms with Crippen LogP contribution in [-0.4, -0.2) is 15.6 Å². The number of rotatable bonds is 1. The Balaban J connectivity index is 2.54. The van der Waals surface area contributed by atoms with Crippen molar-refractivity contribution in [2.75, 3.05) is 0 Å². The number of amides is 1. The van der Waals surface area contributed by atoms with Gasteiger partial charge in [-0.25, -0.2) is 14.3 Å². The zero-order valence-electron chi connectivity index (χ0n) is 11.6. The summed E-state index contributed by atoms with van der Waals surface area (Å²) in [7, 11) is 0. The number of thiazole rings is 1. The van der Waals surface area contributed by atoms with Gasteiger partial charge in [0.25, 0.3) is 5.56 Å². The van der Waals surface area contributed by atoms with Crippen LogP contribution >= 0.6 is 11.3 Å². The van der Waals surface area contributed by atoms with E-state index in [9.17, 15) is 9.59 Å². The Morgan fingerprint density at radius 3 is 2.52 bits per heavy atom. The third-order valence-electron chi connectivity index (χ3n) is 3.35. The number of hydrogen-bond donors (Lipinski definition) is 1. The molecule has 106 valence electrons. The number of nitrogens with two attached hydrogens (primary N) is 1. The van der Waals surface area contributed by atoms with E-state index < -0.39 is 11.6 Å². The number of carbonyl (C=O) groups excluding carboxylic acids is 1. The zero-order chi connectivity index (χ0) is 15.1. The van der Waals surface area contributed by atoms with Crippen LogP contribution in [-0.2, 0) is 0 Å². The predicted molar refractivity (Wildman–Crippen MR) is 83.8 cm³/mol. The summed E-state index contributed by atoms with van der Waals surface area (Å²) in [6.07, 6.45) is 0. The summed E-state index contributed by atoms with van der Waals surface area (Å²) in [6, 6.07) is 8.78. The minimum Gasteiger partial charge on any atom is -0.351 e. The summed E-state index contributed by atoms with van der Waals surface area (Å²) in [5, 5.41) is 0.779. The molecule has 21 heavy (non-hydrogen) atoms. The van der Waals surface area contributed by atoms with Crippen molar-refractivity contribution < 1.29 is 4.79 Å². The smallest absolute Gasteiger partial charge is 0.326 e. The molecule has 0 aliphatic heterocycles. The Hall–Kier alpha value is -2.47. The van der Waals surface area contributed by atoms with Gasteiger partial charge in [-0.2, -0.15) is 0 Å². The topological polar surface area (TPSA) is 78.0 Å². The molecule has 0 aliphatic rings. The highest BCUT2D eigenvalue weighted by molar-refractivity contribution is 7.18. The number of pyridine rings is 1. The molecule has 0 unspecified atom stereocenters. The van der Waals surface area contributed by atoms with Crippen molar-refractivity contribution >= 4 is 27.6 Å². The highest BCUT2D eigenvalue weighted by atomic mass is 32.1. The number of fused-ring (bicyclic) bond motifs is 1. The summed E-state index contributed by atoms with van der Waals surface area (Å²) < 4.78 is 1.47. The molecule has 0 bridgehead atoms. The third kappa shape index (κ3) is 2.04. The molecule has 3 aromatic rings. The van der Waals surface area contributed by atoms with E-state index in [0.717, 1.165) is 20.7 Å². The fourth-order valence-corrected chi connectivity index (χ4v) is 3.35. The van der Waals surface area contributed by atoms with Gasteiger partial charge < -0.3 is 5.73 Å². The van der Waals surface area contributed by atoms with Gasteiger partial charge in [0, 0.05) is 11.3 Å². The van der Waals surface area contributed by atoms with Crippen LogP contribution < -0.4 is 11.3 Å². The Morgan fingerprint density at radius 2 is 1.90 bits per heavy atom. The van der Waals surface area contributed by atoms with Crippen molar-refractivity contribution in [3.8, 4) is 11.1 Å². The van der Waals surface area contributed by atoms with Gasteiger partial charge in [0.2, 0.25) is 0 Å². The van der Waals surface area contributed by atoms with Crippen LogP contribution in [0.2, 0.25) is 0 Å². The van der Waals surface area contributed by atoms with Crippen molar-refractivity contribution in [2.24, 2.45) is 5.73 Å². The number of carbonyl (C=O) groups is 1. The molecule has 0 saturated carbocycles. The van der Waals surface area contributed by atoms with E-state index in [2.05, 4.69) is 4.98 Å². The van der Waals surface area contributed by atoms with Crippen LogP contribution in [0.1, 0.15) is 10.7 Å². The van der Waals surface area contributed by atoms with E-state index in [1.807, 2.05) is 37.3 Å². The standard InChI is InChI=1S/C15H13N3O2S/c1-8-11(10-6-4-3-5-7-10)12-13(21-9(2)17-12)14(19)18(8)15(16)20/h3-7H,1-2H3,(H2,16,20). The first-order valence-electron chi connectivity index (χ1n) is 6.38. The van der Waals surface area contributed by atoms with Crippen LogP contribution in [0.4, 0.5) is 4.79 Å². The summed E-state index contributed by atoms with van der Waals surface area (Å²) >= 11 is 1.28. The molecular weight excluding hydrogens is 286 g/mol. The average molecular weight is 299 g/mol. The fourth-order valence-electron chi connectivity index (χ4n) is 2.49. The zero-order valence-corrected chi connectivity index (χ0v) is 12.4. The molecular formula is C15H13N3O2S. The highest BCUT2D eigenvalue weighted by Gasteiger charge is 2.20. The number of hydrogen-bond acceptors (Lipinski definition) is 4. The van der Waals surface area contributed by atoms with Gasteiger partial charge in [-0.15, -0.1) is 11.3 Å². The van der Waals surface area contributed by atoms with Crippen molar-refractivity contribution in [1.82, 2.24) is 9.55 Å². The molecule has 0 spiro atoms. The first kappa shape index (κ1) is 13.5. The van der Waals surface area contributed by atoms with Gasteiger partial charge in [0.15, 0.2) is 0 Å². The minimum absolute atomic E-state index is 0.403. The second-order valence-electron chi connectivity index (χ2n) is 4.72. The lowest BCUT2D eigenvalue weighted by Crippen LogP contribution is -2.33. The van der Waals surface area contributed by atoms with Gasteiger partial charge in [0.1, 0.15) is 4.70 Å². The van der Waals surface area contributed by atoms with Crippen LogP contribution in [0, 0.1) is 13.8 Å². The number of benzene rings is 1. The van der Waals surface area contributed by atoms with Gasteiger partial charge in [-0.3, -0.25) is 4.79 Å². The van der Waals surface area contributed by atoms with Crippen LogP contribution in [0.5, 0.6) is 0 Å². The fraction of sp³-hybridized carbons (Fsp3) is 0.133. The molecule has 0 saturated heterocycles. The summed E-state index contributed by atoms with van der Waals surface area (Å²) in [6.45, 7) is 3.55. The average Bonchev–Trinajstić information content (AvgIpc) is 2.81. The lowest BCUT2D eigenvalue weighted by molar-refractivity contribution is 0.249. The normalized spacial score (nSPS) is 11.0. The van der Waals surface area contributed by atoms with Gasteiger partial charge in [-0.1, -0.05) is 30.3 Å². The Labute approximate surface area is 124 Å². The lowest BCUT2D eigenvalue weighted by atomic mass is 10.0. The van der Waals surface area contributed by atoms with Crippen molar-refractivity contribution in [3.63, 3.8) is 0 Å². The molecule has 3 rings (SSSR count). The van der Waals surface area contributed by atoms with Crippen LogP contribution in [0.25, 0.3) is 21.3 Å². The molecule has 0 radical (unpaired) electrons. The maximum Gasteiger partial charge on any atom is 0.326 e. The highest BCUT2D eigenvalue weighted by Crippen LogP contribution is 2.31. The van der Waals surface area contributed by atoms with Crippen molar-refractivity contribution in [3.05, 3.63) is 51.4 Å². The molecule has 0 fully saturated rings. The first-order chi connectivity index (χ1) is 10.0. The maximum atomic E-state index is 12.4. The third-order valence-corrected chi connectivity index (χ3v) is 4.31. The van der Waals surface area contributed by atoms with Gasteiger partial charge >= 0.3 is 6.03 Å². The van der Waals surface area contributed by atoms with E-state index in [1.165, 1.54) is 11.3 Å². The summed E-state index contributed by atoms with van der Waals surface area (Å²) in [4.78, 5) is 28.5. The van der Waals surface area contributed by atoms with E-state index in [-0.39, 0.29) is 0 Å². The quantitative estimate of drug-likeness (QED) is 0.750. The van der Waals surface area contributed by atoms with Gasteiger partial charge in [0.05, 0.1) is 10.5 Å².